The van der Waals surface area contributed by atoms with E-state index >= 15 is 0 Å². The van der Waals surface area contributed by atoms with Crippen LogP contribution in [0.2, 0.25) is 0 Å². The van der Waals surface area contributed by atoms with E-state index in [1.165, 1.54) is 17.8 Å². The number of thioether (sulfide) groups is 1. The van der Waals surface area contributed by atoms with Gasteiger partial charge in [-0.05, 0) is 35.4 Å². The van der Waals surface area contributed by atoms with E-state index in [1.807, 2.05) is 36.6 Å². The average molecular weight is 384 g/mol. The first-order chi connectivity index (χ1) is 12.9. The van der Waals surface area contributed by atoms with Crippen molar-refractivity contribution in [3.8, 4) is 11.1 Å². The van der Waals surface area contributed by atoms with Gasteiger partial charge in [-0.15, -0.1) is 11.8 Å². The number of hydrogen-bond donors (Lipinski definition) is 1. The van der Waals surface area contributed by atoms with E-state index < -0.39 is 0 Å². The molecular weight excluding hydrogens is 363 g/mol. The number of benzene rings is 2. The smallest absolute Gasteiger partial charge is 0.170 e. The Morgan fingerprint density at radius 2 is 2.00 bits per heavy atom. The van der Waals surface area contributed by atoms with E-state index in [2.05, 4.69) is 0 Å². The maximum absolute atomic E-state index is 14.4. The Morgan fingerprint density at radius 1 is 1.22 bits per heavy atom. The maximum atomic E-state index is 14.4. The summed E-state index contributed by atoms with van der Waals surface area (Å²) in [5.74, 6) is -1.29. The molecule has 27 heavy (non-hydrogen) atoms. The minimum Gasteiger partial charge on any atom is -0.511 e. The molecule has 3 nitrogen and oxygen atoms in total. The zero-order valence-electron chi connectivity index (χ0n) is 15.3. The Labute approximate surface area is 162 Å². The number of carbonyl (C=O) groups is 2. The number of ketones is 2. The van der Waals surface area contributed by atoms with Crippen LogP contribution in [0.3, 0.4) is 0 Å². The van der Waals surface area contributed by atoms with Crippen molar-refractivity contribution in [2.45, 2.75) is 37.0 Å². The molecule has 0 aliphatic heterocycles. The van der Waals surface area contributed by atoms with Gasteiger partial charge in [0.15, 0.2) is 11.6 Å². The van der Waals surface area contributed by atoms with Crippen LogP contribution in [0.5, 0.6) is 0 Å². The minimum atomic E-state index is -0.323. The summed E-state index contributed by atoms with van der Waals surface area (Å²) in [7, 11) is 0. The van der Waals surface area contributed by atoms with Crippen LogP contribution in [0.1, 0.15) is 37.7 Å². The number of Topliss-reactive ketones (excluding diaryl/α,β-unsaturated/α-hetero) is 2. The van der Waals surface area contributed by atoms with Gasteiger partial charge in [-0.1, -0.05) is 37.3 Å². The third kappa shape index (κ3) is 3.98. The normalized spacial score (nSPS) is 17.3. The number of aliphatic hydroxyl groups excluding tert-OH is 1. The Kier molecular flexibility index (Phi) is 5.80. The molecule has 140 valence electrons. The molecule has 1 unspecified atom stereocenters. The number of rotatable bonds is 5. The van der Waals surface area contributed by atoms with Gasteiger partial charge in [-0.3, -0.25) is 9.59 Å². The van der Waals surface area contributed by atoms with Gasteiger partial charge < -0.3 is 5.11 Å². The fourth-order valence-electron chi connectivity index (χ4n) is 3.44. The molecule has 2 aromatic carbocycles. The van der Waals surface area contributed by atoms with E-state index in [-0.39, 0.29) is 53.9 Å². The van der Waals surface area contributed by atoms with Crippen molar-refractivity contribution in [3.63, 3.8) is 0 Å². The van der Waals surface area contributed by atoms with Gasteiger partial charge in [0.2, 0.25) is 0 Å². The zero-order chi connectivity index (χ0) is 19.6. The predicted octanol–water partition coefficient (Wildman–Crippen LogP) is 5.45. The highest BCUT2D eigenvalue weighted by atomic mass is 32.2. The molecule has 0 bridgehead atoms. The summed E-state index contributed by atoms with van der Waals surface area (Å²) in [5, 5.41) is 10.2. The molecule has 0 heterocycles. The summed E-state index contributed by atoms with van der Waals surface area (Å²) in [6.07, 6.45) is 2.50. The van der Waals surface area contributed by atoms with Crippen LogP contribution in [0.25, 0.3) is 11.1 Å². The predicted molar refractivity (Wildman–Crippen MR) is 106 cm³/mol. The molecular formula is C22H21FO3S. The molecule has 1 N–H and O–H groups in total. The van der Waals surface area contributed by atoms with Crippen LogP contribution in [0.15, 0.2) is 58.7 Å². The Hall–Kier alpha value is -2.40. The fourth-order valence-corrected chi connectivity index (χ4v) is 3.87. The van der Waals surface area contributed by atoms with Crippen molar-refractivity contribution in [1.29, 1.82) is 0 Å². The summed E-state index contributed by atoms with van der Waals surface area (Å²) in [4.78, 5) is 25.1. The molecule has 0 saturated carbocycles. The second kappa shape index (κ2) is 8.09. The molecule has 1 aliphatic rings. The number of hydrogen-bond acceptors (Lipinski definition) is 4. The van der Waals surface area contributed by atoms with E-state index in [9.17, 15) is 19.1 Å². The molecule has 2 aromatic rings. The van der Waals surface area contributed by atoms with Gasteiger partial charge in [0.1, 0.15) is 11.6 Å². The first-order valence-corrected chi connectivity index (χ1v) is 10.1. The largest absolute Gasteiger partial charge is 0.511 e. The first kappa shape index (κ1) is 19.4. The van der Waals surface area contributed by atoms with Gasteiger partial charge >= 0.3 is 0 Å². The number of carbonyl (C=O) groups excluding carboxylic acids is 2. The molecule has 0 spiro atoms. The standard InChI is InChI=1S/C22H21FO3S/c1-3-19(24)22-20(25)10-15(11-21(22)26)13-5-4-6-14(9-13)17-8-7-16(27-2)12-18(17)23/h4-9,12,15,25H,3,10-11H2,1-2H3. The van der Waals surface area contributed by atoms with Crippen molar-refractivity contribution in [2.24, 2.45) is 0 Å². The van der Waals surface area contributed by atoms with Crippen molar-refractivity contribution in [3.05, 3.63) is 65.2 Å². The minimum absolute atomic E-state index is 0.0522. The van der Waals surface area contributed by atoms with Gasteiger partial charge in [0.05, 0.1) is 5.57 Å². The lowest BCUT2D eigenvalue weighted by molar-refractivity contribution is -0.122. The van der Waals surface area contributed by atoms with E-state index in [4.69, 9.17) is 0 Å². The monoisotopic (exact) mass is 384 g/mol. The highest BCUT2D eigenvalue weighted by molar-refractivity contribution is 7.98. The van der Waals surface area contributed by atoms with E-state index in [0.717, 1.165) is 16.0 Å². The molecule has 0 aromatic heterocycles. The molecule has 5 heteroatoms. The summed E-state index contributed by atoms with van der Waals surface area (Å²) < 4.78 is 14.4. The third-order valence-corrected chi connectivity index (χ3v) is 5.61. The van der Waals surface area contributed by atoms with Crippen LogP contribution >= 0.6 is 11.8 Å². The second-order valence-corrected chi connectivity index (χ2v) is 7.48. The maximum Gasteiger partial charge on any atom is 0.170 e. The molecule has 0 fully saturated rings. The lowest BCUT2D eigenvalue weighted by Crippen LogP contribution is -2.23. The summed E-state index contributed by atoms with van der Waals surface area (Å²) in [6.45, 7) is 1.67. The Bertz CT molecular complexity index is 933. The number of halogens is 1. The van der Waals surface area contributed by atoms with Gasteiger partial charge in [0, 0.05) is 29.7 Å². The van der Waals surface area contributed by atoms with Crippen LogP contribution < -0.4 is 0 Å². The van der Waals surface area contributed by atoms with E-state index in [0.29, 0.717) is 5.56 Å². The third-order valence-electron chi connectivity index (χ3n) is 4.88. The van der Waals surface area contributed by atoms with Crippen molar-refractivity contribution < 1.29 is 19.1 Å². The fraction of sp³-hybridized carbons (Fsp3) is 0.273. The molecule has 0 radical (unpaired) electrons. The topological polar surface area (TPSA) is 54.4 Å². The summed E-state index contributed by atoms with van der Waals surface area (Å²) in [6, 6.07) is 12.5. The zero-order valence-corrected chi connectivity index (χ0v) is 16.1. The van der Waals surface area contributed by atoms with Crippen molar-refractivity contribution in [2.75, 3.05) is 6.26 Å². The lowest BCUT2D eigenvalue weighted by Gasteiger charge is -2.23. The molecule has 0 saturated heterocycles. The quantitative estimate of drug-likeness (QED) is 0.550. The highest BCUT2D eigenvalue weighted by Gasteiger charge is 2.31. The van der Waals surface area contributed by atoms with Gasteiger partial charge in [-0.2, -0.15) is 0 Å². The van der Waals surface area contributed by atoms with Crippen molar-refractivity contribution in [1.82, 2.24) is 0 Å². The van der Waals surface area contributed by atoms with Crippen LogP contribution in [0.4, 0.5) is 4.39 Å². The second-order valence-electron chi connectivity index (χ2n) is 6.60. The SMILES string of the molecule is CCC(=O)C1=C(O)CC(c2cccc(-c3ccc(SC)cc3F)c2)CC1=O. The lowest BCUT2D eigenvalue weighted by atomic mass is 9.80. The van der Waals surface area contributed by atoms with Crippen LogP contribution in [0, 0.1) is 5.82 Å². The van der Waals surface area contributed by atoms with Crippen LogP contribution in [-0.2, 0) is 9.59 Å². The van der Waals surface area contributed by atoms with Gasteiger partial charge in [0.25, 0.3) is 0 Å². The Morgan fingerprint density at radius 3 is 2.63 bits per heavy atom. The molecule has 0 amide bonds. The molecule has 1 atom stereocenters. The van der Waals surface area contributed by atoms with Crippen molar-refractivity contribution >= 4 is 23.3 Å². The summed E-state index contributed by atoms with van der Waals surface area (Å²) >= 11 is 1.48. The number of aliphatic hydroxyl groups is 1. The molecule has 3 rings (SSSR count). The number of allylic oxidation sites excluding steroid dienone is 2. The highest BCUT2D eigenvalue weighted by Crippen LogP contribution is 2.36. The average Bonchev–Trinajstić information content (AvgIpc) is 2.67. The van der Waals surface area contributed by atoms with Gasteiger partial charge in [-0.25, -0.2) is 4.39 Å². The van der Waals surface area contributed by atoms with E-state index in [1.54, 1.807) is 13.0 Å². The molecule has 1 aliphatic carbocycles. The van der Waals surface area contributed by atoms with Crippen LogP contribution in [-0.4, -0.2) is 22.9 Å². The Balaban J connectivity index is 1.92. The summed E-state index contributed by atoms with van der Waals surface area (Å²) in [5.41, 5.74) is 2.02. The first-order valence-electron chi connectivity index (χ1n) is 8.87.